The number of rotatable bonds is 5. The molecule has 6 heteroatoms. The first-order chi connectivity index (χ1) is 8.63. The summed E-state index contributed by atoms with van der Waals surface area (Å²) in [6, 6.07) is 0. The van der Waals surface area contributed by atoms with Gasteiger partial charge in [0.05, 0.1) is 17.4 Å². The van der Waals surface area contributed by atoms with E-state index in [1.165, 1.54) is 11.5 Å². The highest BCUT2D eigenvalue weighted by atomic mass is 32.1. The van der Waals surface area contributed by atoms with Gasteiger partial charge in [0.25, 0.3) is 5.56 Å². The lowest BCUT2D eigenvalue weighted by Crippen LogP contribution is -2.21. The molecule has 2 aromatic heterocycles. The fourth-order valence-corrected chi connectivity index (χ4v) is 2.53. The zero-order chi connectivity index (χ0) is 13.1. The first-order valence-corrected chi connectivity index (χ1v) is 6.74. The van der Waals surface area contributed by atoms with Gasteiger partial charge in [-0.05, 0) is 24.9 Å². The van der Waals surface area contributed by atoms with Crippen molar-refractivity contribution in [1.29, 1.82) is 0 Å². The van der Waals surface area contributed by atoms with E-state index in [9.17, 15) is 9.59 Å². The SMILES string of the molecule is CCC(=O)CCCn1cnc2snc(C)c2c1=O. The van der Waals surface area contributed by atoms with Crippen LogP contribution in [0.3, 0.4) is 0 Å². The summed E-state index contributed by atoms with van der Waals surface area (Å²) < 4.78 is 5.69. The fourth-order valence-electron chi connectivity index (χ4n) is 1.79. The van der Waals surface area contributed by atoms with Crippen LogP contribution in [0.4, 0.5) is 0 Å². The van der Waals surface area contributed by atoms with Gasteiger partial charge in [-0.1, -0.05) is 6.92 Å². The topological polar surface area (TPSA) is 64.8 Å². The Morgan fingerprint density at radius 3 is 3.00 bits per heavy atom. The highest BCUT2D eigenvalue weighted by Crippen LogP contribution is 2.15. The molecule has 0 saturated heterocycles. The van der Waals surface area contributed by atoms with E-state index in [0.717, 1.165) is 5.69 Å². The average molecular weight is 265 g/mol. The molecule has 0 fully saturated rings. The molecule has 0 aliphatic rings. The lowest BCUT2D eigenvalue weighted by molar-refractivity contribution is -0.118. The van der Waals surface area contributed by atoms with Gasteiger partial charge in [-0.2, -0.15) is 4.37 Å². The molecule has 18 heavy (non-hydrogen) atoms. The Bertz CT molecular complexity index is 630. The Balaban J connectivity index is 2.19. The molecule has 0 aliphatic carbocycles. The summed E-state index contributed by atoms with van der Waals surface area (Å²) >= 11 is 1.24. The molecule has 0 unspecified atom stereocenters. The highest BCUT2D eigenvalue weighted by molar-refractivity contribution is 7.12. The number of aryl methyl sites for hydroxylation is 2. The summed E-state index contributed by atoms with van der Waals surface area (Å²) in [7, 11) is 0. The number of aromatic nitrogens is 3. The van der Waals surface area contributed by atoms with Gasteiger partial charge in [0.2, 0.25) is 0 Å². The summed E-state index contributed by atoms with van der Waals surface area (Å²) in [5.41, 5.74) is 0.668. The summed E-state index contributed by atoms with van der Waals surface area (Å²) in [5.74, 6) is 0.227. The van der Waals surface area contributed by atoms with E-state index in [2.05, 4.69) is 9.36 Å². The largest absolute Gasteiger partial charge is 0.300 e. The minimum atomic E-state index is -0.0600. The van der Waals surface area contributed by atoms with Gasteiger partial charge < -0.3 is 0 Å². The second-order valence-corrected chi connectivity index (χ2v) is 4.94. The van der Waals surface area contributed by atoms with Gasteiger partial charge in [0, 0.05) is 19.4 Å². The molecule has 0 aromatic carbocycles. The second-order valence-electron chi connectivity index (χ2n) is 4.19. The Hall–Kier alpha value is -1.56. The molecule has 0 radical (unpaired) electrons. The van der Waals surface area contributed by atoms with Gasteiger partial charge in [-0.3, -0.25) is 14.2 Å². The first kappa shape index (κ1) is 12.9. The van der Waals surface area contributed by atoms with E-state index in [1.54, 1.807) is 10.9 Å². The minimum absolute atomic E-state index is 0.0600. The molecule has 96 valence electrons. The van der Waals surface area contributed by atoms with Crippen LogP contribution in [-0.2, 0) is 11.3 Å². The Morgan fingerprint density at radius 2 is 2.28 bits per heavy atom. The Kier molecular flexibility index (Phi) is 3.86. The third kappa shape index (κ3) is 2.48. The van der Waals surface area contributed by atoms with Crippen molar-refractivity contribution in [3.63, 3.8) is 0 Å². The smallest absolute Gasteiger partial charge is 0.263 e. The molecule has 0 amide bonds. The number of carbonyl (C=O) groups is 1. The third-order valence-electron chi connectivity index (χ3n) is 2.88. The van der Waals surface area contributed by atoms with Crippen molar-refractivity contribution in [2.24, 2.45) is 0 Å². The van der Waals surface area contributed by atoms with Crippen molar-refractivity contribution < 1.29 is 4.79 Å². The maximum Gasteiger partial charge on any atom is 0.263 e. The normalized spacial score (nSPS) is 11.0. The third-order valence-corrected chi connectivity index (χ3v) is 3.73. The van der Waals surface area contributed by atoms with Gasteiger partial charge in [0.15, 0.2) is 4.83 Å². The predicted octanol–water partition coefficient (Wildman–Crippen LogP) is 1.92. The van der Waals surface area contributed by atoms with Gasteiger partial charge in [0.1, 0.15) is 5.78 Å². The van der Waals surface area contributed by atoms with E-state index in [0.29, 0.717) is 36.0 Å². The number of ketones is 1. The molecule has 0 spiro atoms. The fraction of sp³-hybridized carbons (Fsp3) is 0.500. The lowest BCUT2D eigenvalue weighted by atomic mass is 10.2. The van der Waals surface area contributed by atoms with Crippen LogP contribution in [0.5, 0.6) is 0 Å². The number of hydrogen-bond acceptors (Lipinski definition) is 5. The van der Waals surface area contributed by atoms with Crippen LogP contribution in [0, 0.1) is 6.92 Å². The molecule has 0 atom stereocenters. The van der Waals surface area contributed by atoms with Crippen molar-refractivity contribution >= 4 is 27.5 Å². The van der Waals surface area contributed by atoms with E-state index in [4.69, 9.17) is 0 Å². The molecule has 2 aromatic rings. The van der Waals surface area contributed by atoms with Crippen LogP contribution in [-0.4, -0.2) is 19.7 Å². The van der Waals surface area contributed by atoms with E-state index >= 15 is 0 Å². The van der Waals surface area contributed by atoms with E-state index < -0.39 is 0 Å². The monoisotopic (exact) mass is 265 g/mol. The number of nitrogens with zero attached hydrogens (tertiary/aromatic N) is 3. The van der Waals surface area contributed by atoms with Crippen LogP contribution in [0.1, 0.15) is 31.9 Å². The van der Waals surface area contributed by atoms with Crippen LogP contribution in [0.25, 0.3) is 10.2 Å². The molecule has 0 saturated carbocycles. The molecular weight excluding hydrogens is 250 g/mol. The molecular formula is C12H15N3O2S. The zero-order valence-corrected chi connectivity index (χ0v) is 11.3. The average Bonchev–Trinajstić information content (AvgIpc) is 2.74. The molecule has 0 bridgehead atoms. The quantitative estimate of drug-likeness (QED) is 0.828. The summed E-state index contributed by atoms with van der Waals surface area (Å²) in [4.78, 5) is 28.3. The van der Waals surface area contributed by atoms with Crippen LogP contribution >= 0.6 is 11.5 Å². The summed E-state index contributed by atoms with van der Waals surface area (Å²) in [6.07, 6.45) is 3.29. The maximum atomic E-state index is 12.2. The molecule has 0 aliphatic heterocycles. The Morgan fingerprint density at radius 1 is 1.50 bits per heavy atom. The van der Waals surface area contributed by atoms with E-state index in [1.807, 2.05) is 13.8 Å². The van der Waals surface area contributed by atoms with Crippen LogP contribution < -0.4 is 5.56 Å². The summed E-state index contributed by atoms with van der Waals surface area (Å²) in [6.45, 7) is 4.19. The molecule has 2 heterocycles. The number of fused-ring (bicyclic) bond motifs is 1. The van der Waals surface area contributed by atoms with Gasteiger partial charge >= 0.3 is 0 Å². The van der Waals surface area contributed by atoms with Gasteiger partial charge in [-0.15, -0.1) is 0 Å². The molecule has 0 N–H and O–H groups in total. The van der Waals surface area contributed by atoms with Crippen LogP contribution in [0.2, 0.25) is 0 Å². The zero-order valence-electron chi connectivity index (χ0n) is 10.5. The Labute approximate surface area is 109 Å². The van der Waals surface area contributed by atoms with Crippen molar-refractivity contribution in [3.8, 4) is 0 Å². The van der Waals surface area contributed by atoms with Crippen molar-refractivity contribution in [3.05, 3.63) is 22.4 Å². The first-order valence-electron chi connectivity index (χ1n) is 5.96. The molecule has 5 nitrogen and oxygen atoms in total. The lowest BCUT2D eigenvalue weighted by Gasteiger charge is -2.04. The van der Waals surface area contributed by atoms with Crippen LogP contribution in [0.15, 0.2) is 11.1 Å². The maximum absolute atomic E-state index is 12.2. The second kappa shape index (κ2) is 5.39. The number of carbonyl (C=O) groups excluding carboxylic acids is 1. The van der Waals surface area contributed by atoms with Gasteiger partial charge in [-0.25, -0.2) is 4.98 Å². The minimum Gasteiger partial charge on any atom is -0.300 e. The van der Waals surface area contributed by atoms with Crippen molar-refractivity contribution in [2.45, 2.75) is 39.7 Å². The predicted molar refractivity (Wildman–Crippen MR) is 70.9 cm³/mol. The van der Waals surface area contributed by atoms with Crippen molar-refractivity contribution in [1.82, 2.24) is 13.9 Å². The number of hydrogen-bond donors (Lipinski definition) is 0. The standard InChI is InChI=1S/C12H15N3O2S/c1-3-9(16)5-4-6-15-7-13-11-10(12(15)17)8(2)14-18-11/h7H,3-6H2,1-2H3. The summed E-state index contributed by atoms with van der Waals surface area (Å²) in [5, 5.41) is 0.601. The molecule has 2 rings (SSSR count). The number of Topliss-reactive ketones (excluding diaryl/α,β-unsaturated/α-hetero) is 1. The highest BCUT2D eigenvalue weighted by Gasteiger charge is 2.10. The van der Waals surface area contributed by atoms with E-state index in [-0.39, 0.29) is 11.3 Å². The van der Waals surface area contributed by atoms with Crippen molar-refractivity contribution in [2.75, 3.05) is 0 Å².